The first kappa shape index (κ1) is 13.5. The fraction of sp³-hybridized carbons (Fsp3) is 0.231. The highest BCUT2D eigenvalue weighted by Crippen LogP contribution is 2.18. The summed E-state index contributed by atoms with van der Waals surface area (Å²) in [5.74, 6) is 1.34. The van der Waals surface area contributed by atoms with E-state index in [1.807, 2.05) is 18.2 Å². The first-order valence-corrected chi connectivity index (χ1v) is 6.93. The van der Waals surface area contributed by atoms with Crippen LogP contribution in [-0.4, -0.2) is 32.9 Å². The Morgan fingerprint density at radius 3 is 2.43 bits per heavy atom. The third-order valence-electron chi connectivity index (χ3n) is 2.87. The number of ether oxygens (including phenoxy) is 2. The molecule has 0 aliphatic rings. The van der Waals surface area contributed by atoms with E-state index in [1.165, 1.54) is 11.7 Å². The molecule has 1 aromatic carbocycles. The predicted molar refractivity (Wildman–Crippen MR) is 79.9 cm³/mol. The van der Waals surface area contributed by atoms with Crippen LogP contribution in [0.4, 0.5) is 5.95 Å². The molecule has 7 nitrogen and oxygen atoms in total. The van der Waals surface area contributed by atoms with Crippen molar-refractivity contribution in [1.82, 2.24) is 18.7 Å². The summed E-state index contributed by atoms with van der Waals surface area (Å²) in [6.45, 7) is 0.573. The number of hydrogen-bond acceptors (Lipinski definition) is 8. The molecule has 0 aliphatic carbocycles. The van der Waals surface area contributed by atoms with Gasteiger partial charge in [0.15, 0.2) is 0 Å². The van der Waals surface area contributed by atoms with Gasteiger partial charge in [-0.25, -0.2) is 0 Å². The summed E-state index contributed by atoms with van der Waals surface area (Å²) in [6, 6.07) is 7.55. The number of methoxy groups -OCH3 is 2. The van der Waals surface area contributed by atoms with Crippen LogP contribution in [0.5, 0.6) is 11.8 Å². The van der Waals surface area contributed by atoms with Crippen molar-refractivity contribution >= 4 is 28.7 Å². The van der Waals surface area contributed by atoms with E-state index in [0.717, 1.165) is 16.6 Å². The maximum atomic E-state index is 5.11. The lowest BCUT2D eigenvalue weighted by Crippen LogP contribution is -2.05. The molecule has 0 spiro atoms. The average molecular weight is 303 g/mol. The van der Waals surface area contributed by atoms with E-state index in [9.17, 15) is 0 Å². The summed E-state index contributed by atoms with van der Waals surface area (Å²) < 4.78 is 18.6. The SMILES string of the molecule is COc1cc(OC)nc(NCc2ccc3nsnc3c2)n1. The Labute approximate surface area is 125 Å². The van der Waals surface area contributed by atoms with Gasteiger partial charge in [-0.05, 0) is 17.7 Å². The maximum Gasteiger partial charge on any atom is 0.229 e. The normalized spacial score (nSPS) is 10.6. The van der Waals surface area contributed by atoms with Crippen LogP contribution in [0.2, 0.25) is 0 Å². The van der Waals surface area contributed by atoms with Gasteiger partial charge >= 0.3 is 0 Å². The summed E-state index contributed by atoms with van der Waals surface area (Å²) in [5, 5.41) is 3.14. The van der Waals surface area contributed by atoms with Gasteiger partial charge in [0.1, 0.15) is 11.0 Å². The number of benzene rings is 1. The Balaban J connectivity index is 1.77. The fourth-order valence-electron chi connectivity index (χ4n) is 1.81. The summed E-state index contributed by atoms with van der Waals surface area (Å²) in [4.78, 5) is 8.43. The minimum Gasteiger partial charge on any atom is -0.481 e. The first-order valence-electron chi connectivity index (χ1n) is 6.20. The number of rotatable bonds is 5. The topological polar surface area (TPSA) is 82.0 Å². The lowest BCUT2D eigenvalue weighted by atomic mass is 10.2. The van der Waals surface area contributed by atoms with Crippen molar-refractivity contribution in [2.45, 2.75) is 6.54 Å². The number of nitrogens with zero attached hydrogens (tertiary/aromatic N) is 4. The van der Waals surface area contributed by atoms with Gasteiger partial charge in [0, 0.05) is 6.54 Å². The molecular formula is C13H13N5O2S. The lowest BCUT2D eigenvalue weighted by Gasteiger charge is -2.08. The molecule has 0 unspecified atom stereocenters. The van der Waals surface area contributed by atoms with E-state index in [4.69, 9.17) is 9.47 Å². The largest absolute Gasteiger partial charge is 0.481 e. The highest BCUT2D eigenvalue weighted by atomic mass is 32.1. The molecular weight excluding hydrogens is 290 g/mol. The molecule has 0 amide bonds. The van der Waals surface area contributed by atoms with Gasteiger partial charge in [-0.15, -0.1) is 0 Å². The second-order valence-corrected chi connectivity index (χ2v) is 4.75. The molecule has 3 rings (SSSR count). The molecule has 0 aliphatic heterocycles. The van der Waals surface area contributed by atoms with Gasteiger partial charge in [-0.1, -0.05) is 6.07 Å². The molecule has 0 fully saturated rings. The molecule has 3 aromatic rings. The average Bonchev–Trinajstić information content (AvgIpc) is 3.00. The van der Waals surface area contributed by atoms with Crippen molar-refractivity contribution in [2.75, 3.05) is 19.5 Å². The predicted octanol–water partition coefficient (Wildman–Crippen LogP) is 2.11. The van der Waals surface area contributed by atoms with Crippen LogP contribution in [0.3, 0.4) is 0 Å². The maximum absolute atomic E-state index is 5.11. The molecule has 0 saturated heterocycles. The number of aromatic nitrogens is 4. The molecule has 8 heteroatoms. The van der Waals surface area contributed by atoms with Gasteiger partial charge in [0.05, 0.1) is 32.0 Å². The number of fused-ring (bicyclic) bond motifs is 1. The molecule has 2 heterocycles. The van der Waals surface area contributed by atoms with Gasteiger partial charge in [-0.2, -0.15) is 18.7 Å². The van der Waals surface area contributed by atoms with Crippen LogP contribution in [0.15, 0.2) is 24.3 Å². The number of hydrogen-bond donors (Lipinski definition) is 1. The standard InChI is InChI=1S/C13H13N5O2S/c1-19-11-6-12(20-2)16-13(15-11)14-7-8-3-4-9-10(5-8)18-21-17-9/h3-6H,7H2,1-2H3,(H,14,15,16). The van der Waals surface area contributed by atoms with Crippen molar-refractivity contribution in [3.05, 3.63) is 29.8 Å². The molecule has 21 heavy (non-hydrogen) atoms. The van der Waals surface area contributed by atoms with E-state index < -0.39 is 0 Å². The van der Waals surface area contributed by atoms with Crippen molar-refractivity contribution in [3.63, 3.8) is 0 Å². The zero-order valence-corrected chi connectivity index (χ0v) is 12.3. The Bertz CT molecular complexity index is 739. The van der Waals surface area contributed by atoms with Crippen LogP contribution in [0.25, 0.3) is 11.0 Å². The monoisotopic (exact) mass is 303 g/mol. The zero-order valence-electron chi connectivity index (χ0n) is 11.5. The highest BCUT2D eigenvalue weighted by molar-refractivity contribution is 7.00. The van der Waals surface area contributed by atoms with E-state index in [0.29, 0.717) is 24.3 Å². The molecule has 0 bridgehead atoms. The third-order valence-corrected chi connectivity index (χ3v) is 3.42. The van der Waals surface area contributed by atoms with Gasteiger partial charge < -0.3 is 14.8 Å². The summed E-state index contributed by atoms with van der Waals surface area (Å²) in [5.41, 5.74) is 2.87. The molecule has 0 atom stereocenters. The van der Waals surface area contributed by atoms with Crippen LogP contribution < -0.4 is 14.8 Å². The smallest absolute Gasteiger partial charge is 0.229 e. The number of nitrogens with one attached hydrogen (secondary N) is 1. The van der Waals surface area contributed by atoms with Crippen molar-refractivity contribution < 1.29 is 9.47 Å². The molecule has 0 saturated carbocycles. The fourth-order valence-corrected chi connectivity index (χ4v) is 2.33. The zero-order chi connectivity index (χ0) is 14.7. The van der Waals surface area contributed by atoms with Gasteiger partial charge in [0.25, 0.3) is 0 Å². The third kappa shape index (κ3) is 3.00. The second kappa shape index (κ2) is 5.88. The molecule has 1 N–H and O–H groups in total. The Morgan fingerprint density at radius 1 is 1.00 bits per heavy atom. The second-order valence-electron chi connectivity index (χ2n) is 4.22. The van der Waals surface area contributed by atoms with Crippen molar-refractivity contribution in [3.8, 4) is 11.8 Å². The van der Waals surface area contributed by atoms with Crippen molar-refractivity contribution in [1.29, 1.82) is 0 Å². The van der Waals surface area contributed by atoms with E-state index >= 15 is 0 Å². The van der Waals surface area contributed by atoms with E-state index in [2.05, 4.69) is 24.0 Å². The molecule has 108 valence electrons. The van der Waals surface area contributed by atoms with Crippen LogP contribution >= 0.6 is 11.7 Å². The van der Waals surface area contributed by atoms with Gasteiger partial charge in [-0.3, -0.25) is 0 Å². The minimum atomic E-state index is 0.447. The van der Waals surface area contributed by atoms with Crippen molar-refractivity contribution in [2.24, 2.45) is 0 Å². The quantitative estimate of drug-likeness (QED) is 0.773. The van der Waals surface area contributed by atoms with Crippen LogP contribution in [-0.2, 0) is 6.54 Å². The summed E-state index contributed by atoms with van der Waals surface area (Å²) in [7, 11) is 3.10. The molecule has 0 radical (unpaired) electrons. The summed E-state index contributed by atoms with van der Waals surface area (Å²) in [6.07, 6.45) is 0. The highest BCUT2D eigenvalue weighted by Gasteiger charge is 2.06. The lowest BCUT2D eigenvalue weighted by molar-refractivity contribution is 0.373. The van der Waals surface area contributed by atoms with Crippen LogP contribution in [0.1, 0.15) is 5.56 Å². The van der Waals surface area contributed by atoms with Gasteiger partial charge in [0.2, 0.25) is 17.7 Å². The summed E-state index contributed by atoms with van der Waals surface area (Å²) >= 11 is 1.21. The van der Waals surface area contributed by atoms with E-state index in [-0.39, 0.29) is 0 Å². The Kier molecular flexibility index (Phi) is 3.78. The number of anilines is 1. The van der Waals surface area contributed by atoms with E-state index in [1.54, 1.807) is 20.3 Å². The minimum absolute atomic E-state index is 0.447. The Hall–Kier alpha value is -2.48. The first-order chi connectivity index (χ1) is 10.3. The molecule has 2 aromatic heterocycles. The van der Waals surface area contributed by atoms with Crippen LogP contribution in [0, 0.1) is 0 Å². The Morgan fingerprint density at radius 2 is 1.71 bits per heavy atom.